The highest BCUT2D eigenvalue weighted by atomic mass is 19.1. The van der Waals surface area contributed by atoms with Crippen LogP contribution >= 0.6 is 0 Å². The Morgan fingerprint density at radius 2 is 1.93 bits per heavy atom. The van der Waals surface area contributed by atoms with Crippen molar-refractivity contribution in [2.24, 2.45) is 5.92 Å². The number of furan rings is 1. The highest BCUT2D eigenvalue weighted by molar-refractivity contribution is 5.79. The second kappa shape index (κ2) is 8.43. The molecule has 3 heterocycles. The first kappa shape index (κ1) is 19.1. The van der Waals surface area contributed by atoms with Gasteiger partial charge in [-0.05, 0) is 49.6 Å². The van der Waals surface area contributed by atoms with Gasteiger partial charge in [0.1, 0.15) is 17.3 Å². The maximum Gasteiger partial charge on any atom is 0.225 e. The SMILES string of the molecule is Cc1ccc(CNC(=O)C2CCCN(c3ncc(-c4ccc(F)cc4)cn3)C2)o1. The first-order valence-corrected chi connectivity index (χ1v) is 9.74. The number of halogens is 1. The van der Waals surface area contributed by atoms with Crippen LogP contribution in [0.2, 0.25) is 0 Å². The van der Waals surface area contributed by atoms with E-state index in [9.17, 15) is 9.18 Å². The molecular formula is C22H23FN4O2. The lowest BCUT2D eigenvalue weighted by Crippen LogP contribution is -2.43. The average Bonchev–Trinajstić information content (AvgIpc) is 3.18. The van der Waals surface area contributed by atoms with Gasteiger partial charge in [-0.3, -0.25) is 4.79 Å². The molecule has 6 nitrogen and oxygen atoms in total. The van der Waals surface area contributed by atoms with Crippen molar-refractivity contribution in [2.75, 3.05) is 18.0 Å². The minimum Gasteiger partial charge on any atom is -0.465 e. The standard InChI is InChI=1S/C22H23FN4O2/c1-15-4-9-20(29-15)13-24-21(28)17-3-2-10-27(14-17)22-25-11-18(12-26-22)16-5-7-19(23)8-6-16/h4-9,11-12,17H,2-3,10,13-14H2,1H3,(H,24,28). The summed E-state index contributed by atoms with van der Waals surface area (Å²) in [6.07, 6.45) is 5.21. The summed E-state index contributed by atoms with van der Waals surface area (Å²) in [5, 5.41) is 2.96. The van der Waals surface area contributed by atoms with E-state index in [0.717, 1.165) is 42.0 Å². The molecule has 0 saturated carbocycles. The number of hydrogen-bond donors (Lipinski definition) is 1. The van der Waals surface area contributed by atoms with Crippen LogP contribution < -0.4 is 10.2 Å². The van der Waals surface area contributed by atoms with E-state index in [2.05, 4.69) is 15.3 Å². The minimum atomic E-state index is -0.272. The van der Waals surface area contributed by atoms with Gasteiger partial charge in [0.15, 0.2) is 0 Å². The summed E-state index contributed by atoms with van der Waals surface area (Å²) in [5.41, 5.74) is 1.69. The number of hydrogen-bond acceptors (Lipinski definition) is 5. The summed E-state index contributed by atoms with van der Waals surface area (Å²) in [6.45, 7) is 3.67. The molecule has 0 spiro atoms. The molecule has 3 aromatic rings. The molecule has 1 aliphatic rings. The monoisotopic (exact) mass is 394 g/mol. The van der Waals surface area contributed by atoms with Gasteiger partial charge in [-0.1, -0.05) is 12.1 Å². The zero-order chi connectivity index (χ0) is 20.2. The number of aromatic nitrogens is 2. The number of rotatable bonds is 5. The topological polar surface area (TPSA) is 71.3 Å². The van der Waals surface area contributed by atoms with E-state index < -0.39 is 0 Å². The maximum absolute atomic E-state index is 13.1. The van der Waals surface area contributed by atoms with Crippen molar-refractivity contribution in [1.29, 1.82) is 0 Å². The number of nitrogens with one attached hydrogen (secondary N) is 1. The summed E-state index contributed by atoms with van der Waals surface area (Å²) in [5.74, 6) is 1.83. The number of aryl methyl sites for hydroxylation is 1. The van der Waals surface area contributed by atoms with E-state index in [1.54, 1.807) is 24.5 Å². The molecule has 1 fully saturated rings. The number of amides is 1. The number of piperidine rings is 1. The third-order valence-corrected chi connectivity index (χ3v) is 5.12. The van der Waals surface area contributed by atoms with Crippen LogP contribution in [0.15, 0.2) is 53.2 Å². The van der Waals surface area contributed by atoms with Crippen molar-refractivity contribution in [3.63, 3.8) is 0 Å². The van der Waals surface area contributed by atoms with E-state index in [4.69, 9.17) is 4.42 Å². The predicted molar refractivity (Wildman–Crippen MR) is 108 cm³/mol. The van der Waals surface area contributed by atoms with Gasteiger partial charge in [-0.15, -0.1) is 0 Å². The van der Waals surface area contributed by atoms with Crippen molar-refractivity contribution < 1.29 is 13.6 Å². The van der Waals surface area contributed by atoms with Crippen LogP contribution in [0.5, 0.6) is 0 Å². The highest BCUT2D eigenvalue weighted by Gasteiger charge is 2.27. The zero-order valence-electron chi connectivity index (χ0n) is 16.3. The van der Waals surface area contributed by atoms with Gasteiger partial charge in [-0.25, -0.2) is 14.4 Å². The normalized spacial score (nSPS) is 16.6. The second-order valence-electron chi connectivity index (χ2n) is 7.29. The second-order valence-corrected chi connectivity index (χ2v) is 7.29. The molecule has 1 amide bonds. The molecule has 1 unspecified atom stereocenters. The predicted octanol–water partition coefficient (Wildman–Crippen LogP) is 3.72. The smallest absolute Gasteiger partial charge is 0.225 e. The molecule has 29 heavy (non-hydrogen) atoms. The molecular weight excluding hydrogens is 371 g/mol. The molecule has 0 bridgehead atoms. The molecule has 2 aromatic heterocycles. The van der Waals surface area contributed by atoms with Gasteiger partial charge < -0.3 is 14.6 Å². The summed E-state index contributed by atoms with van der Waals surface area (Å²) in [6, 6.07) is 10.0. The fourth-order valence-corrected chi connectivity index (χ4v) is 3.55. The van der Waals surface area contributed by atoms with Gasteiger partial charge in [0.05, 0.1) is 12.5 Å². The van der Waals surface area contributed by atoms with Crippen LogP contribution in [0.4, 0.5) is 10.3 Å². The van der Waals surface area contributed by atoms with Crippen LogP contribution in [0, 0.1) is 18.7 Å². The Kier molecular flexibility index (Phi) is 5.55. The maximum atomic E-state index is 13.1. The largest absolute Gasteiger partial charge is 0.465 e. The quantitative estimate of drug-likeness (QED) is 0.714. The average molecular weight is 394 g/mol. The number of carbonyl (C=O) groups is 1. The van der Waals surface area contributed by atoms with E-state index in [1.807, 2.05) is 24.0 Å². The van der Waals surface area contributed by atoms with Crippen LogP contribution in [-0.2, 0) is 11.3 Å². The lowest BCUT2D eigenvalue weighted by Gasteiger charge is -2.32. The first-order valence-electron chi connectivity index (χ1n) is 9.74. The fraction of sp³-hybridized carbons (Fsp3) is 0.318. The fourth-order valence-electron chi connectivity index (χ4n) is 3.55. The first-order chi connectivity index (χ1) is 14.1. The van der Waals surface area contributed by atoms with Crippen LogP contribution in [0.1, 0.15) is 24.4 Å². The minimum absolute atomic E-state index is 0.0201. The summed E-state index contributed by atoms with van der Waals surface area (Å²) >= 11 is 0. The Morgan fingerprint density at radius 3 is 2.62 bits per heavy atom. The lowest BCUT2D eigenvalue weighted by molar-refractivity contribution is -0.125. The van der Waals surface area contributed by atoms with Crippen molar-refractivity contribution in [3.05, 3.63) is 66.1 Å². The molecule has 0 aliphatic carbocycles. The molecule has 150 valence electrons. The van der Waals surface area contributed by atoms with Gasteiger partial charge >= 0.3 is 0 Å². The molecule has 1 aromatic carbocycles. The van der Waals surface area contributed by atoms with Crippen molar-refractivity contribution in [2.45, 2.75) is 26.3 Å². The van der Waals surface area contributed by atoms with Crippen LogP contribution in [-0.4, -0.2) is 29.0 Å². The van der Waals surface area contributed by atoms with Crippen molar-refractivity contribution in [1.82, 2.24) is 15.3 Å². The number of benzene rings is 1. The van der Waals surface area contributed by atoms with E-state index in [-0.39, 0.29) is 17.6 Å². The van der Waals surface area contributed by atoms with E-state index in [0.29, 0.717) is 19.0 Å². The third-order valence-electron chi connectivity index (χ3n) is 5.12. The van der Waals surface area contributed by atoms with E-state index >= 15 is 0 Å². The Bertz CT molecular complexity index is 969. The Hall–Kier alpha value is -3.22. The Balaban J connectivity index is 1.37. The zero-order valence-corrected chi connectivity index (χ0v) is 16.3. The van der Waals surface area contributed by atoms with Crippen molar-refractivity contribution >= 4 is 11.9 Å². The van der Waals surface area contributed by atoms with Gasteiger partial charge in [-0.2, -0.15) is 0 Å². The summed E-state index contributed by atoms with van der Waals surface area (Å²) in [7, 11) is 0. The number of anilines is 1. The summed E-state index contributed by atoms with van der Waals surface area (Å²) in [4.78, 5) is 23.5. The van der Waals surface area contributed by atoms with Crippen molar-refractivity contribution in [3.8, 4) is 11.1 Å². The highest BCUT2D eigenvalue weighted by Crippen LogP contribution is 2.23. The Morgan fingerprint density at radius 1 is 1.17 bits per heavy atom. The molecule has 1 saturated heterocycles. The summed E-state index contributed by atoms with van der Waals surface area (Å²) < 4.78 is 18.6. The number of carbonyl (C=O) groups excluding carboxylic acids is 1. The third kappa shape index (κ3) is 4.62. The lowest BCUT2D eigenvalue weighted by atomic mass is 9.97. The molecule has 0 radical (unpaired) electrons. The van der Waals surface area contributed by atoms with Gasteiger partial charge in [0.2, 0.25) is 11.9 Å². The van der Waals surface area contributed by atoms with Crippen LogP contribution in [0.25, 0.3) is 11.1 Å². The molecule has 1 N–H and O–H groups in total. The van der Waals surface area contributed by atoms with Gasteiger partial charge in [0, 0.05) is 31.0 Å². The molecule has 7 heteroatoms. The molecule has 4 rings (SSSR count). The number of nitrogens with zero attached hydrogens (tertiary/aromatic N) is 3. The molecule has 1 atom stereocenters. The van der Waals surface area contributed by atoms with Gasteiger partial charge in [0.25, 0.3) is 0 Å². The van der Waals surface area contributed by atoms with E-state index in [1.165, 1.54) is 12.1 Å². The Labute approximate surface area is 168 Å². The molecule has 1 aliphatic heterocycles. The van der Waals surface area contributed by atoms with Crippen LogP contribution in [0.3, 0.4) is 0 Å².